The predicted octanol–water partition coefficient (Wildman–Crippen LogP) is 4.80. The monoisotopic (exact) mass is 262 g/mol. The first-order valence-corrected chi connectivity index (χ1v) is 6.33. The summed E-state index contributed by atoms with van der Waals surface area (Å²) in [6, 6.07) is 0. The number of ketones is 1. The summed E-state index contributed by atoms with van der Waals surface area (Å²) in [5.74, 6) is 1.56. The highest BCUT2D eigenvalue weighted by atomic mass is 16.3. The summed E-state index contributed by atoms with van der Waals surface area (Å²) < 4.78 is 0. The van der Waals surface area contributed by atoms with Crippen molar-refractivity contribution >= 4 is 5.78 Å². The highest BCUT2D eigenvalue weighted by Crippen LogP contribution is 2.10. The molecule has 0 aromatic heterocycles. The molecule has 0 bridgehead atoms. The molecule has 0 unspecified atom stereocenters. The molecule has 0 saturated carbocycles. The molecule has 114 valence electrons. The number of aliphatic hydroxyl groups is 1. The van der Waals surface area contributed by atoms with E-state index in [0.29, 0.717) is 17.6 Å². The van der Waals surface area contributed by atoms with E-state index in [1.54, 1.807) is 0 Å². The zero-order valence-electron chi connectivity index (χ0n) is 12.2. The number of Topliss-reactive ketones (excluding diaryl/α,β-unsaturated/α-hetero) is 1. The van der Waals surface area contributed by atoms with Gasteiger partial charge in [-0.2, -0.15) is 0 Å². The van der Waals surface area contributed by atoms with E-state index in [9.17, 15) is 9.90 Å². The Morgan fingerprint density at radius 2 is 0.944 bits per heavy atom. The van der Waals surface area contributed by atoms with Crippen LogP contribution in [0.5, 0.6) is 0 Å². The van der Waals surface area contributed by atoms with Crippen LogP contribution in [0.15, 0.2) is 0 Å². The number of carbonyl (C=O) groups excluding carboxylic acids is 1. The highest BCUT2D eigenvalue weighted by Gasteiger charge is 2.12. The SMILES string of the molecule is C.C.CC(C)C(=O)C(C)C.CC(C)C(O)C(C)C. The molecule has 1 N–H and O–H groups in total. The lowest BCUT2D eigenvalue weighted by atomic mass is 9.97. The number of carbonyl (C=O) groups is 1. The summed E-state index contributed by atoms with van der Waals surface area (Å²) in [5.41, 5.74) is 0. The van der Waals surface area contributed by atoms with Gasteiger partial charge < -0.3 is 5.11 Å². The normalized spacial score (nSPS) is 10.1. The average Bonchev–Trinajstić information content (AvgIpc) is 2.15. The molecular formula is C16H38O2. The molecule has 0 atom stereocenters. The fourth-order valence-corrected chi connectivity index (χ4v) is 1.44. The van der Waals surface area contributed by atoms with E-state index in [-0.39, 0.29) is 32.8 Å². The van der Waals surface area contributed by atoms with Gasteiger partial charge in [-0.3, -0.25) is 4.79 Å². The molecule has 0 spiro atoms. The lowest BCUT2D eigenvalue weighted by molar-refractivity contribution is -0.124. The molecule has 0 radical (unpaired) electrons. The number of rotatable bonds is 4. The maximum Gasteiger partial charge on any atom is 0.137 e. The van der Waals surface area contributed by atoms with Gasteiger partial charge in [0.05, 0.1) is 6.10 Å². The number of hydrogen-bond donors (Lipinski definition) is 1. The lowest BCUT2D eigenvalue weighted by Crippen LogP contribution is -2.20. The van der Waals surface area contributed by atoms with Crippen LogP contribution in [-0.2, 0) is 4.79 Å². The van der Waals surface area contributed by atoms with E-state index in [1.165, 1.54) is 0 Å². The first-order valence-electron chi connectivity index (χ1n) is 6.33. The minimum atomic E-state index is -0.130. The van der Waals surface area contributed by atoms with Gasteiger partial charge in [0.25, 0.3) is 0 Å². The molecule has 0 aliphatic heterocycles. The zero-order chi connectivity index (χ0) is 13.5. The van der Waals surface area contributed by atoms with E-state index >= 15 is 0 Å². The van der Waals surface area contributed by atoms with E-state index in [0.717, 1.165) is 0 Å². The summed E-state index contributed by atoms with van der Waals surface area (Å²) in [7, 11) is 0. The van der Waals surface area contributed by atoms with Gasteiger partial charge in [0.15, 0.2) is 0 Å². The van der Waals surface area contributed by atoms with Crippen molar-refractivity contribution in [3.8, 4) is 0 Å². The molecule has 0 amide bonds. The van der Waals surface area contributed by atoms with Crippen molar-refractivity contribution in [2.24, 2.45) is 23.7 Å². The quantitative estimate of drug-likeness (QED) is 0.790. The fraction of sp³-hybridized carbons (Fsp3) is 0.938. The summed E-state index contributed by atoms with van der Waals surface area (Å²) >= 11 is 0. The van der Waals surface area contributed by atoms with Gasteiger partial charge >= 0.3 is 0 Å². The zero-order valence-corrected chi connectivity index (χ0v) is 12.2. The third kappa shape index (κ3) is 13.7. The molecular weight excluding hydrogens is 224 g/mol. The maximum absolute atomic E-state index is 10.8. The second-order valence-electron chi connectivity index (χ2n) is 5.69. The van der Waals surface area contributed by atoms with Gasteiger partial charge in [-0.1, -0.05) is 70.2 Å². The lowest BCUT2D eigenvalue weighted by Gasteiger charge is -2.17. The number of aliphatic hydroxyl groups excluding tert-OH is 1. The molecule has 0 fully saturated rings. The Balaban J connectivity index is -0.0000000980. The molecule has 2 heteroatoms. The van der Waals surface area contributed by atoms with Crippen LogP contribution in [-0.4, -0.2) is 17.0 Å². The van der Waals surface area contributed by atoms with Crippen molar-refractivity contribution in [3.63, 3.8) is 0 Å². The first-order chi connectivity index (χ1) is 7.11. The molecule has 0 rings (SSSR count). The topological polar surface area (TPSA) is 37.3 Å². The molecule has 0 aliphatic rings. The molecule has 2 nitrogen and oxygen atoms in total. The maximum atomic E-state index is 10.8. The minimum absolute atomic E-state index is 0. The van der Waals surface area contributed by atoms with Gasteiger partial charge in [0.2, 0.25) is 0 Å². The standard InChI is InChI=1S/C7H16O.C7H14O.2CH4/c2*1-5(2)7(8)6(3)4;;/h5-8H,1-4H3;5-6H,1-4H3;2*1H4. The highest BCUT2D eigenvalue weighted by molar-refractivity contribution is 5.81. The Hall–Kier alpha value is -0.370. The Morgan fingerprint density at radius 3 is 0.944 bits per heavy atom. The smallest absolute Gasteiger partial charge is 0.137 e. The van der Waals surface area contributed by atoms with Crippen molar-refractivity contribution in [1.82, 2.24) is 0 Å². The van der Waals surface area contributed by atoms with Crippen molar-refractivity contribution in [1.29, 1.82) is 0 Å². The van der Waals surface area contributed by atoms with Gasteiger partial charge in [-0.05, 0) is 11.8 Å². The summed E-state index contributed by atoms with van der Waals surface area (Å²) in [6.45, 7) is 15.9. The van der Waals surface area contributed by atoms with Crippen molar-refractivity contribution in [2.45, 2.75) is 76.3 Å². The fourth-order valence-electron chi connectivity index (χ4n) is 1.44. The largest absolute Gasteiger partial charge is 0.393 e. The second-order valence-corrected chi connectivity index (χ2v) is 5.69. The molecule has 0 saturated heterocycles. The Morgan fingerprint density at radius 1 is 0.722 bits per heavy atom. The van der Waals surface area contributed by atoms with Crippen LogP contribution in [0.2, 0.25) is 0 Å². The van der Waals surface area contributed by atoms with Crippen LogP contribution >= 0.6 is 0 Å². The van der Waals surface area contributed by atoms with Gasteiger partial charge in [0, 0.05) is 11.8 Å². The van der Waals surface area contributed by atoms with Crippen molar-refractivity contribution in [3.05, 3.63) is 0 Å². The molecule has 0 aromatic carbocycles. The van der Waals surface area contributed by atoms with E-state index < -0.39 is 0 Å². The third-order valence-corrected chi connectivity index (χ3v) is 2.50. The second kappa shape index (κ2) is 13.1. The molecule has 0 aromatic rings. The minimum Gasteiger partial charge on any atom is -0.393 e. The van der Waals surface area contributed by atoms with Gasteiger partial charge in [-0.15, -0.1) is 0 Å². The van der Waals surface area contributed by atoms with Crippen LogP contribution in [0.25, 0.3) is 0 Å². The van der Waals surface area contributed by atoms with Crippen molar-refractivity contribution < 1.29 is 9.90 Å². The van der Waals surface area contributed by atoms with Crippen LogP contribution < -0.4 is 0 Å². The number of hydrogen-bond acceptors (Lipinski definition) is 2. The van der Waals surface area contributed by atoms with Gasteiger partial charge in [0.1, 0.15) is 5.78 Å². The van der Waals surface area contributed by atoms with E-state index in [2.05, 4.69) is 0 Å². The Kier molecular flexibility index (Phi) is 19.1. The molecule has 0 aliphatic carbocycles. The Bertz CT molecular complexity index is 164. The van der Waals surface area contributed by atoms with E-state index in [1.807, 2.05) is 55.4 Å². The predicted molar refractivity (Wildman–Crippen MR) is 83.8 cm³/mol. The summed E-state index contributed by atoms with van der Waals surface area (Å²) in [5, 5.41) is 9.20. The average molecular weight is 262 g/mol. The van der Waals surface area contributed by atoms with Crippen molar-refractivity contribution in [2.75, 3.05) is 0 Å². The van der Waals surface area contributed by atoms with Crippen LogP contribution in [0.3, 0.4) is 0 Å². The van der Waals surface area contributed by atoms with Crippen LogP contribution in [0.4, 0.5) is 0 Å². The first kappa shape index (κ1) is 26.2. The summed E-state index contributed by atoms with van der Waals surface area (Å²) in [4.78, 5) is 10.8. The Labute approximate surface area is 116 Å². The molecule has 18 heavy (non-hydrogen) atoms. The van der Waals surface area contributed by atoms with E-state index in [4.69, 9.17) is 0 Å². The third-order valence-electron chi connectivity index (χ3n) is 2.50. The van der Waals surface area contributed by atoms with Gasteiger partial charge in [-0.25, -0.2) is 0 Å². The van der Waals surface area contributed by atoms with Crippen LogP contribution in [0.1, 0.15) is 70.2 Å². The van der Waals surface area contributed by atoms with Crippen LogP contribution in [0, 0.1) is 23.7 Å². The molecule has 0 heterocycles. The summed E-state index contributed by atoms with van der Waals surface area (Å²) in [6.07, 6.45) is -0.130.